The maximum atomic E-state index is 11.9. The van der Waals surface area contributed by atoms with E-state index in [1.54, 1.807) is 10.3 Å². The number of rotatable bonds is 2. The predicted molar refractivity (Wildman–Crippen MR) is 65.7 cm³/mol. The zero-order chi connectivity index (χ0) is 12.4. The molecule has 17 heavy (non-hydrogen) atoms. The standard InChI is InChI=1S/C11H14N2O3S/c1-7-2-4-13(6-7)11(16)12-9-8(10(14)15)3-5-17-9/h3,5,7H,2,4,6H2,1H3,(H,12,16)(H,14,15). The Labute approximate surface area is 103 Å². The molecule has 0 aromatic carbocycles. The van der Waals surface area contributed by atoms with Crippen LogP contribution in [0.15, 0.2) is 11.4 Å². The molecule has 2 N–H and O–H groups in total. The van der Waals surface area contributed by atoms with Crippen LogP contribution in [-0.4, -0.2) is 35.1 Å². The van der Waals surface area contributed by atoms with Gasteiger partial charge in [0.15, 0.2) is 0 Å². The first kappa shape index (κ1) is 11.9. The summed E-state index contributed by atoms with van der Waals surface area (Å²) in [5.74, 6) is -0.501. The van der Waals surface area contributed by atoms with Gasteiger partial charge in [-0.3, -0.25) is 5.32 Å². The van der Waals surface area contributed by atoms with E-state index in [0.717, 1.165) is 19.5 Å². The Morgan fingerprint density at radius 1 is 1.59 bits per heavy atom. The monoisotopic (exact) mass is 254 g/mol. The van der Waals surface area contributed by atoms with Gasteiger partial charge >= 0.3 is 12.0 Å². The minimum atomic E-state index is -1.02. The zero-order valence-corrected chi connectivity index (χ0v) is 10.3. The fourth-order valence-electron chi connectivity index (χ4n) is 1.87. The molecule has 0 bridgehead atoms. The third kappa shape index (κ3) is 2.58. The molecular formula is C11H14N2O3S. The summed E-state index contributed by atoms with van der Waals surface area (Å²) in [4.78, 5) is 24.5. The smallest absolute Gasteiger partial charge is 0.338 e. The van der Waals surface area contributed by atoms with Gasteiger partial charge in [0.05, 0.1) is 5.56 Å². The molecule has 1 saturated heterocycles. The summed E-state index contributed by atoms with van der Waals surface area (Å²) in [6.07, 6.45) is 1.00. The molecule has 5 nitrogen and oxygen atoms in total. The van der Waals surface area contributed by atoms with E-state index in [2.05, 4.69) is 12.2 Å². The number of carbonyl (C=O) groups is 2. The highest BCUT2D eigenvalue weighted by atomic mass is 32.1. The largest absolute Gasteiger partial charge is 0.478 e. The van der Waals surface area contributed by atoms with Crippen LogP contribution in [0.5, 0.6) is 0 Å². The van der Waals surface area contributed by atoms with Crippen LogP contribution in [0, 0.1) is 5.92 Å². The van der Waals surface area contributed by atoms with Crippen LogP contribution >= 0.6 is 11.3 Å². The number of carboxylic acids is 1. The Kier molecular flexibility index (Phi) is 3.33. The second-order valence-electron chi connectivity index (χ2n) is 4.24. The van der Waals surface area contributed by atoms with Gasteiger partial charge in [0.1, 0.15) is 5.00 Å². The summed E-state index contributed by atoms with van der Waals surface area (Å²) < 4.78 is 0. The third-order valence-corrected chi connectivity index (χ3v) is 3.66. The lowest BCUT2D eigenvalue weighted by Gasteiger charge is -2.16. The van der Waals surface area contributed by atoms with E-state index in [-0.39, 0.29) is 11.6 Å². The van der Waals surface area contributed by atoms with Gasteiger partial charge in [0.2, 0.25) is 0 Å². The lowest BCUT2D eigenvalue weighted by molar-refractivity contribution is 0.0698. The average Bonchev–Trinajstić information content (AvgIpc) is 2.86. The van der Waals surface area contributed by atoms with Crippen LogP contribution in [-0.2, 0) is 0 Å². The van der Waals surface area contributed by atoms with Gasteiger partial charge in [0.25, 0.3) is 0 Å². The quantitative estimate of drug-likeness (QED) is 0.851. The molecule has 0 saturated carbocycles. The van der Waals surface area contributed by atoms with E-state index in [9.17, 15) is 9.59 Å². The van der Waals surface area contributed by atoms with Gasteiger partial charge in [-0.1, -0.05) is 6.92 Å². The van der Waals surface area contributed by atoms with Crippen molar-refractivity contribution in [3.63, 3.8) is 0 Å². The molecular weight excluding hydrogens is 240 g/mol. The van der Waals surface area contributed by atoms with Gasteiger partial charge in [-0.25, -0.2) is 9.59 Å². The summed E-state index contributed by atoms with van der Waals surface area (Å²) >= 11 is 1.23. The maximum absolute atomic E-state index is 11.9. The van der Waals surface area contributed by atoms with Gasteiger partial charge in [-0.15, -0.1) is 11.3 Å². The Morgan fingerprint density at radius 2 is 2.35 bits per heavy atom. The topological polar surface area (TPSA) is 69.6 Å². The Balaban J connectivity index is 2.03. The number of amides is 2. The highest BCUT2D eigenvalue weighted by Crippen LogP contribution is 2.24. The normalized spacial score (nSPS) is 19.4. The molecule has 92 valence electrons. The number of aromatic carboxylic acids is 1. The summed E-state index contributed by atoms with van der Waals surface area (Å²) in [6, 6.07) is 1.29. The highest BCUT2D eigenvalue weighted by molar-refractivity contribution is 7.14. The molecule has 1 aliphatic rings. The molecule has 2 amide bonds. The van der Waals surface area contributed by atoms with E-state index in [1.165, 1.54) is 17.4 Å². The van der Waals surface area contributed by atoms with Crippen LogP contribution in [0.4, 0.5) is 9.80 Å². The molecule has 1 aromatic rings. The fourth-order valence-corrected chi connectivity index (χ4v) is 2.64. The molecule has 1 unspecified atom stereocenters. The van der Waals surface area contributed by atoms with E-state index in [4.69, 9.17) is 5.11 Å². The van der Waals surface area contributed by atoms with Crippen molar-refractivity contribution in [1.29, 1.82) is 0 Å². The second-order valence-corrected chi connectivity index (χ2v) is 5.15. The number of nitrogens with one attached hydrogen (secondary N) is 1. The molecule has 0 radical (unpaired) electrons. The van der Waals surface area contributed by atoms with Crippen molar-refractivity contribution in [2.24, 2.45) is 5.92 Å². The highest BCUT2D eigenvalue weighted by Gasteiger charge is 2.24. The Hall–Kier alpha value is -1.56. The summed E-state index contributed by atoms with van der Waals surface area (Å²) in [7, 11) is 0. The Morgan fingerprint density at radius 3 is 2.94 bits per heavy atom. The van der Waals surface area contributed by atoms with Crippen molar-refractivity contribution in [2.45, 2.75) is 13.3 Å². The molecule has 1 aromatic heterocycles. The third-order valence-electron chi connectivity index (χ3n) is 2.83. The number of likely N-dealkylation sites (tertiary alicyclic amines) is 1. The number of carbonyl (C=O) groups excluding carboxylic acids is 1. The maximum Gasteiger partial charge on any atom is 0.338 e. The van der Waals surface area contributed by atoms with E-state index < -0.39 is 5.97 Å². The summed E-state index contributed by atoms with van der Waals surface area (Å²) in [5.41, 5.74) is 0.149. The molecule has 0 spiro atoms. The molecule has 2 rings (SSSR count). The average molecular weight is 254 g/mol. The molecule has 1 fully saturated rings. The van der Waals surface area contributed by atoms with E-state index in [0.29, 0.717) is 10.9 Å². The number of nitrogens with zero attached hydrogens (tertiary/aromatic N) is 1. The van der Waals surface area contributed by atoms with Crippen molar-refractivity contribution in [2.75, 3.05) is 18.4 Å². The summed E-state index contributed by atoms with van der Waals surface area (Å²) in [5, 5.41) is 13.6. The van der Waals surface area contributed by atoms with Crippen LogP contribution in [0.3, 0.4) is 0 Å². The van der Waals surface area contributed by atoms with Crippen LogP contribution in [0.25, 0.3) is 0 Å². The van der Waals surface area contributed by atoms with Crippen molar-refractivity contribution in [3.8, 4) is 0 Å². The number of anilines is 1. The number of carboxylic acid groups (broad SMARTS) is 1. The first-order chi connectivity index (χ1) is 8.08. The predicted octanol–water partition coefficient (Wildman–Crippen LogP) is 2.32. The molecule has 1 aliphatic heterocycles. The molecule has 6 heteroatoms. The van der Waals surface area contributed by atoms with Gasteiger partial charge in [-0.2, -0.15) is 0 Å². The molecule has 0 aliphatic carbocycles. The van der Waals surface area contributed by atoms with Crippen molar-refractivity contribution >= 4 is 28.3 Å². The Bertz CT molecular complexity index is 444. The van der Waals surface area contributed by atoms with Gasteiger partial charge in [0, 0.05) is 13.1 Å². The van der Waals surface area contributed by atoms with E-state index >= 15 is 0 Å². The van der Waals surface area contributed by atoms with Gasteiger partial charge in [-0.05, 0) is 23.8 Å². The first-order valence-electron chi connectivity index (χ1n) is 5.44. The molecule has 2 heterocycles. The van der Waals surface area contributed by atoms with E-state index in [1.807, 2.05) is 0 Å². The lowest BCUT2D eigenvalue weighted by Crippen LogP contribution is -2.32. The number of urea groups is 1. The first-order valence-corrected chi connectivity index (χ1v) is 6.32. The number of hydrogen-bond acceptors (Lipinski definition) is 3. The number of thiophene rings is 1. The van der Waals surface area contributed by atoms with Crippen molar-refractivity contribution in [3.05, 3.63) is 17.0 Å². The zero-order valence-electron chi connectivity index (χ0n) is 9.47. The minimum Gasteiger partial charge on any atom is -0.478 e. The van der Waals surface area contributed by atoms with Crippen LogP contribution in [0.2, 0.25) is 0 Å². The number of hydrogen-bond donors (Lipinski definition) is 2. The van der Waals surface area contributed by atoms with Crippen LogP contribution < -0.4 is 5.32 Å². The van der Waals surface area contributed by atoms with Crippen molar-refractivity contribution < 1.29 is 14.7 Å². The lowest BCUT2D eigenvalue weighted by atomic mass is 10.2. The van der Waals surface area contributed by atoms with Gasteiger partial charge < -0.3 is 10.0 Å². The SMILES string of the molecule is CC1CCN(C(=O)Nc2sccc2C(=O)O)C1. The van der Waals surface area contributed by atoms with Crippen molar-refractivity contribution in [1.82, 2.24) is 4.90 Å². The van der Waals surface area contributed by atoms with Crippen LogP contribution in [0.1, 0.15) is 23.7 Å². The molecule has 1 atom stereocenters. The fraction of sp³-hybridized carbons (Fsp3) is 0.455. The minimum absolute atomic E-state index is 0.149. The second kappa shape index (κ2) is 4.75. The summed E-state index contributed by atoms with van der Waals surface area (Å²) in [6.45, 7) is 3.57.